The molecule has 0 saturated heterocycles. The van der Waals surface area contributed by atoms with Crippen LogP contribution in [0.15, 0.2) is 72.9 Å². The number of rotatable bonds is 49. The van der Waals surface area contributed by atoms with Crippen molar-refractivity contribution in [1.82, 2.24) is 0 Å². The van der Waals surface area contributed by atoms with Crippen LogP contribution in [0.2, 0.25) is 0 Å². The van der Waals surface area contributed by atoms with Crippen molar-refractivity contribution in [2.75, 3.05) is 47.5 Å². The molecule has 0 heterocycles. The van der Waals surface area contributed by atoms with Crippen molar-refractivity contribution in [3.8, 4) is 0 Å². The summed E-state index contributed by atoms with van der Waals surface area (Å²) in [5.74, 6) is -2.04. The molecule has 0 fully saturated rings. The summed E-state index contributed by atoms with van der Waals surface area (Å²) in [5.41, 5.74) is 0. The molecule has 9 nitrogen and oxygen atoms in total. The lowest BCUT2D eigenvalue weighted by atomic mass is 10.0. The minimum absolute atomic E-state index is 0.180. The Bertz CT molecular complexity index is 1330. The molecule has 9 heteroatoms. The van der Waals surface area contributed by atoms with Crippen LogP contribution in [-0.2, 0) is 33.3 Å². The summed E-state index contributed by atoms with van der Waals surface area (Å²) < 4.78 is 22.8. The number of likely N-dealkylation sites (N-methyl/N-ethyl adjacent to an activating group) is 1. The molecule has 67 heavy (non-hydrogen) atoms. The van der Waals surface area contributed by atoms with Crippen LogP contribution in [-0.4, -0.2) is 87.4 Å². The Kier molecular flexibility index (Phi) is 46.8. The van der Waals surface area contributed by atoms with Crippen LogP contribution < -0.4 is 0 Å². The Hall–Kier alpha value is -3.27. The zero-order valence-electron chi connectivity index (χ0n) is 43.8. The van der Waals surface area contributed by atoms with Gasteiger partial charge in [0.2, 0.25) is 0 Å². The molecule has 0 aliphatic carbocycles. The molecule has 0 spiro atoms. The van der Waals surface area contributed by atoms with Crippen LogP contribution >= 0.6 is 0 Å². The van der Waals surface area contributed by atoms with E-state index < -0.39 is 24.3 Å². The summed E-state index contributed by atoms with van der Waals surface area (Å²) >= 11 is 0. The molecule has 2 unspecified atom stereocenters. The predicted molar refractivity (Wildman–Crippen MR) is 281 cm³/mol. The fourth-order valence-corrected chi connectivity index (χ4v) is 7.27. The van der Waals surface area contributed by atoms with Gasteiger partial charge in [-0.25, -0.2) is 4.79 Å². The Morgan fingerprint density at radius 1 is 0.463 bits per heavy atom. The topological polar surface area (TPSA) is 108 Å². The summed E-state index contributed by atoms with van der Waals surface area (Å²) in [4.78, 5) is 37.3. The molecule has 0 bridgehead atoms. The highest BCUT2D eigenvalue weighted by atomic mass is 16.7. The standard InChI is InChI=1S/C58H101NO8/c1-6-8-10-12-14-16-18-20-22-24-25-26-27-28-29-30-31-33-34-36-38-40-42-44-46-48-55(60)65-52-54(53-66-58(57(62)63)64-51-50-59(3,4)5)67-56(61)49-47-45-43-41-39-37-35-32-23-21-19-17-15-13-11-9-7-2/h9,11,15,17-18,20-21,23-25,35,37,54,58H,6-8,10,12-14,16,19,22,26-34,36,38-53H2,1-5H3/p+1/b11-9-,17-15-,20-18-,23-21-,25-24-,37-35-. The maximum absolute atomic E-state index is 12.8. The number of nitrogens with zero attached hydrogens (tertiary/aromatic N) is 1. The molecule has 0 aromatic heterocycles. The third-order valence-corrected chi connectivity index (χ3v) is 11.4. The molecule has 0 radical (unpaired) electrons. The molecule has 0 aromatic carbocycles. The van der Waals surface area contributed by atoms with Gasteiger partial charge in [-0.3, -0.25) is 9.59 Å². The molecule has 0 rings (SSSR count). The van der Waals surface area contributed by atoms with Crippen LogP contribution in [0, 0.1) is 0 Å². The zero-order valence-corrected chi connectivity index (χ0v) is 43.8. The van der Waals surface area contributed by atoms with E-state index in [0.717, 1.165) is 77.0 Å². The van der Waals surface area contributed by atoms with Gasteiger partial charge in [0.05, 0.1) is 34.4 Å². The maximum Gasteiger partial charge on any atom is 0.361 e. The van der Waals surface area contributed by atoms with Gasteiger partial charge < -0.3 is 28.5 Å². The van der Waals surface area contributed by atoms with E-state index >= 15 is 0 Å². The quantitative estimate of drug-likeness (QED) is 0.0211. The number of quaternary nitrogens is 1. The van der Waals surface area contributed by atoms with Crippen LogP contribution in [0.1, 0.15) is 219 Å². The van der Waals surface area contributed by atoms with Crippen LogP contribution in [0.5, 0.6) is 0 Å². The molecular formula is C58H102NO8+. The number of carbonyl (C=O) groups is 3. The van der Waals surface area contributed by atoms with E-state index in [4.69, 9.17) is 18.9 Å². The number of ether oxygens (including phenoxy) is 4. The van der Waals surface area contributed by atoms with E-state index in [2.05, 4.69) is 86.8 Å². The van der Waals surface area contributed by atoms with Gasteiger partial charge in [0.25, 0.3) is 6.29 Å². The highest BCUT2D eigenvalue weighted by Gasteiger charge is 2.25. The molecule has 0 saturated carbocycles. The number of aliphatic carboxylic acids is 1. The van der Waals surface area contributed by atoms with Crippen LogP contribution in [0.3, 0.4) is 0 Å². The highest BCUT2D eigenvalue weighted by molar-refractivity contribution is 5.71. The lowest BCUT2D eigenvalue weighted by Gasteiger charge is -2.25. The fourth-order valence-electron chi connectivity index (χ4n) is 7.27. The molecular weight excluding hydrogens is 839 g/mol. The van der Waals surface area contributed by atoms with Gasteiger partial charge in [0, 0.05) is 12.8 Å². The molecule has 0 aliphatic rings. The Balaban J connectivity index is 4.29. The lowest BCUT2D eigenvalue weighted by molar-refractivity contribution is -0.870. The van der Waals surface area contributed by atoms with Gasteiger partial charge in [0.1, 0.15) is 13.2 Å². The zero-order chi connectivity index (χ0) is 49.2. The predicted octanol–water partition coefficient (Wildman–Crippen LogP) is 15.5. The Morgan fingerprint density at radius 3 is 1.27 bits per heavy atom. The van der Waals surface area contributed by atoms with Crippen molar-refractivity contribution in [3.05, 3.63) is 72.9 Å². The van der Waals surface area contributed by atoms with Gasteiger partial charge in [-0.05, 0) is 83.5 Å². The van der Waals surface area contributed by atoms with E-state index in [-0.39, 0.29) is 32.2 Å². The molecule has 0 amide bonds. The summed E-state index contributed by atoms with van der Waals surface area (Å²) in [7, 11) is 5.95. The summed E-state index contributed by atoms with van der Waals surface area (Å²) in [6.07, 6.45) is 59.7. The third-order valence-electron chi connectivity index (χ3n) is 11.4. The minimum atomic E-state index is -1.52. The first-order chi connectivity index (χ1) is 32.6. The average molecular weight is 941 g/mol. The second-order valence-corrected chi connectivity index (χ2v) is 19.2. The Morgan fingerprint density at radius 2 is 0.851 bits per heavy atom. The van der Waals surface area contributed by atoms with Gasteiger partial charge in [-0.15, -0.1) is 0 Å². The number of allylic oxidation sites excluding steroid dienone is 12. The van der Waals surface area contributed by atoms with Crippen molar-refractivity contribution in [2.24, 2.45) is 0 Å². The van der Waals surface area contributed by atoms with E-state index in [1.54, 1.807) is 0 Å². The number of carbonyl (C=O) groups excluding carboxylic acids is 2. The first-order valence-electron chi connectivity index (χ1n) is 27.1. The van der Waals surface area contributed by atoms with E-state index in [1.807, 2.05) is 21.1 Å². The van der Waals surface area contributed by atoms with Gasteiger partial charge in [0.15, 0.2) is 6.10 Å². The minimum Gasteiger partial charge on any atom is -0.477 e. The van der Waals surface area contributed by atoms with Crippen LogP contribution in [0.4, 0.5) is 0 Å². The number of hydrogen-bond donors (Lipinski definition) is 1. The van der Waals surface area contributed by atoms with Crippen molar-refractivity contribution >= 4 is 17.9 Å². The van der Waals surface area contributed by atoms with Crippen molar-refractivity contribution in [1.29, 1.82) is 0 Å². The number of hydrogen-bond acceptors (Lipinski definition) is 7. The van der Waals surface area contributed by atoms with Crippen LogP contribution in [0.25, 0.3) is 0 Å². The SMILES string of the molecule is CC/C=C\C/C=C\C/C=C\C/C=C\CCCCCCC(=O)OC(COC(=O)CCCCCCCCCCCCCCC/C=C\C/C=C\CCCCCCC)COC(OCC[N+](C)(C)C)C(=O)O. The van der Waals surface area contributed by atoms with E-state index in [9.17, 15) is 19.5 Å². The smallest absolute Gasteiger partial charge is 0.361 e. The molecule has 0 aliphatic heterocycles. The highest BCUT2D eigenvalue weighted by Crippen LogP contribution is 2.15. The number of esters is 2. The van der Waals surface area contributed by atoms with Gasteiger partial charge >= 0.3 is 17.9 Å². The van der Waals surface area contributed by atoms with Gasteiger partial charge in [-0.2, -0.15) is 0 Å². The van der Waals surface area contributed by atoms with E-state index in [0.29, 0.717) is 23.9 Å². The molecule has 2 atom stereocenters. The van der Waals surface area contributed by atoms with Crippen molar-refractivity contribution in [3.63, 3.8) is 0 Å². The van der Waals surface area contributed by atoms with Gasteiger partial charge in [-0.1, -0.05) is 196 Å². The molecule has 386 valence electrons. The van der Waals surface area contributed by atoms with Crippen molar-refractivity contribution in [2.45, 2.75) is 232 Å². The summed E-state index contributed by atoms with van der Waals surface area (Å²) in [5, 5.41) is 9.68. The number of unbranched alkanes of at least 4 members (excludes halogenated alkanes) is 22. The first kappa shape index (κ1) is 63.7. The largest absolute Gasteiger partial charge is 0.477 e. The monoisotopic (exact) mass is 941 g/mol. The normalized spacial score (nSPS) is 13.4. The second-order valence-electron chi connectivity index (χ2n) is 19.2. The number of carboxylic acids is 1. The average Bonchev–Trinajstić information content (AvgIpc) is 3.29. The molecule has 1 N–H and O–H groups in total. The van der Waals surface area contributed by atoms with E-state index in [1.165, 1.54) is 109 Å². The fraction of sp³-hybridized carbons (Fsp3) is 0.741. The second kappa shape index (κ2) is 49.2. The Labute approximate surface area is 411 Å². The number of carboxylic acid groups (broad SMARTS) is 1. The lowest BCUT2D eigenvalue weighted by Crippen LogP contribution is -2.40. The summed E-state index contributed by atoms with van der Waals surface area (Å²) in [6, 6.07) is 0. The maximum atomic E-state index is 12.8. The first-order valence-corrected chi connectivity index (χ1v) is 27.1. The third kappa shape index (κ3) is 50.4. The molecule has 0 aromatic rings. The summed E-state index contributed by atoms with van der Waals surface area (Å²) in [6.45, 7) is 4.72. The van der Waals surface area contributed by atoms with Crippen molar-refractivity contribution < 1.29 is 42.9 Å².